The van der Waals surface area contributed by atoms with Crippen LogP contribution >= 0.6 is 0 Å². The maximum atomic E-state index is 13.4. The van der Waals surface area contributed by atoms with Crippen LogP contribution in [-0.4, -0.2) is 75.5 Å². The standard InChI is InChI=1S/C42H46N2O6/c1-5-49-40(42(46)44(3)28-32-10-7-6-8-11-32)25-31-14-16-34(17-15-31)35-13-9-12-33(24-35)29-43(2)41(45)38-19-18-37-27-39(21-20-36(37)26-38)50-30-48-23-22-47-4/h6-21,24,26-27,40H,5,22-23,25,28-30H2,1-4H3. The molecular weight excluding hydrogens is 628 g/mol. The van der Waals surface area contributed by atoms with Crippen molar-refractivity contribution < 1.29 is 28.5 Å². The van der Waals surface area contributed by atoms with Crippen LogP contribution in [0.4, 0.5) is 0 Å². The van der Waals surface area contributed by atoms with Gasteiger partial charge in [-0.1, -0.05) is 84.9 Å². The Morgan fingerprint density at radius 1 is 0.680 bits per heavy atom. The van der Waals surface area contributed by atoms with Gasteiger partial charge in [0.2, 0.25) is 0 Å². The zero-order valence-corrected chi connectivity index (χ0v) is 29.3. The van der Waals surface area contributed by atoms with E-state index in [1.165, 1.54) is 0 Å². The minimum absolute atomic E-state index is 0.0332. The summed E-state index contributed by atoms with van der Waals surface area (Å²) in [5, 5.41) is 1.94. The molecule has 0 aromatic heterocycles. The molecule has 260 valence electrons. The van der Waals surface area contributed by atoms with E-state index >= 15 is 0 Å². The van der Waals surface area contributed by atoms with E-state index in [0.717, 1.165) is 38.6 Å². The van der Waals surface area contributed by atoms with Crippen molar-refractivity contribution in [2.75, 3.05) is 47.8 Å². The second-order valence-electron chi connectivity index (χ2n) is 12.3. The number of carbonyl (C=O) groups is 2. The molecule has 5 rings (SSSR count). The van der Waals surface area contributed by atoms with E-state index in [0.29, 0.717) is 50.6 Å². The molecule has 0 bridgehead atoms. The summed E-state index contributed by atoms with van der Waals surface area (Å²) in [6.45, 7) is 4.50. The first-order valence-corrected chi connectivity index (χ1v) is 16.9. The normalized spacial score (nSPS) is 11.7. The lowest BCUT2D eigenvalue weighted by Gasteiger charge is -2.24. The first-order valence-electron chi connectivity index (χ1n) is 16.9. The van der Waals surface area contributed by atoms with Crippen LogP contribution in [0.3, 0.4) is 0 Å². The molecule has 0 radical (unpaired) electrons. The molecule has 0 saturated heterocycles. The SMILES string of the molecule is CCOC(Cc1ccc(-c2cccc(CN(C)C(=O)c3ccc4cc(OCOCCOC)ccc4c3)c2)cc1)C(=O)N(C)Cc1ccccc1. The molecule has 0 saturated carbocycles. The highest BCUT2D eigenvalue weighted by atomic mass is 16.7. The van der Waals surface area contributed by atoms with E-state index in [4.69, 9.17) is 18.9 Å². The van der Waals surface area contributed by atoms with E-state index in [-0.39, 0.29) is 18.6 Å². The Morgan fingerprint density at radius 3 is 2.16 bits per heavy atom. The van der Waals surface area contributed by atoms with Crippen molar-refractivity contribution in [1.29, 1.82) is 0 Å². The van der Waals surface area contributed by atoms with Crippen molar-refractivity contribution in [3.63, 3.8) is 0 Å². The quantitative estimate of drug-likeness (QED) is 0.0757. The molecule has 0 aliphatic heterocycles. The Bertz CT molecular complexity index is 1840. The number of fused-ring (bicyclic) bond motifs is 1. The summed E-state index contributed by atoms with van der Waals surface area (Å²) in [4.78, 5) is 30.2. The summed E-state index contributed by atoms with van der Waals surface area (Å²) in [5.74, 6) is 0.614. The van der Waals surface area contributed by atoms with E-state index in [9.17, 15) is 9.59 Å². The maximum absolute atomic E-state index is 13.4. The predicted octanol–water partition coefficient (Wildman–Crippen LogP) is 7.38. The molecule has 8 heteroatoms. The van der Waals surface area contributed by atoms with E-state index in [2.05, 4.69) is 36.4 Å². The summed E-state index contributed by atoms with van der Waals surface area (Å²) in [5.41, 5.74) is 5.88. The van der Waals surface area contributed by atoms with Crippen molar-refractivity contribution in [3.8, 4) is 16.9 Å². The Morgan fingerprint density at radius 2 is 1.40 bits per heavy atom. The Labute approximate surface area is 295 Å². The van der Waals surface area contributed by atoms with Crippen molar-refractivity contribution in [2.24, 2.45) is 0 Å². The van der Waals surface area contributed by atoms with Crippen LogP contribution in [0.2, 0.25) is 0 Å². The van der Waals surface area contributed by atoms with Crippen molar-refractivity contribution >= 4 is 22.6 Å². The summed E-state index contributed by atoms with van der Waals surface area (Å²) >= 11 is 0. The topological polar surface area (TPSA) is 77.5 Å². The molecule has 5 aromatic rings. The largest absolute Gasteiger partial charge is 0.468 e. The van der Waals surface area contributed by atoms with Gasteiger partial charge in [0.05, 0.1) is 13.2 Å². The van der Waals surface area contributed by atoms with Gasteiger partial charge in [-0.25, -0.2) is 0 Å². The third-order valence-electron chi connectivity index (χ3n) is 8.48. The van der Waals surface area contributed by atoms with Crippen molar-refractivity contribution in [1.82, 2.24) is 9.80 Å². The molecule has 0 N–H and O–H groups in total. The van der Waals surface area contributed by atoms with E-state index < -0.39 is 6.10 Å². The monoisotopic (exact) mass is 674 g/mol. The second-order valence-corrected chi connectivity index (χ2v) is 12.3. The lowest BCUT2D eigenvalue weighted by Crippen LogP contribution is -2.39. The number of carbonyl (C=O) groups excluding carboxylic acids is 2. The molecule has 8 nitrogen and oxygen atoms in total. The Balaban J connectivity index is 1.18. The van der Waals surface area contributed by atoms with Gasteiger partial charge in [0.1, 0.15) is 11.9 Å². The van der Waals surface area contributed by atoms with Crippen molar-refractivity contribution in [3.05, 3.63) is 138 Å². The highest BCUT2D eigenvalue weighted by Gasteiger charge is 2.23. The van der Waals surface area contributed by atoms with Gasteiger partial charge in [0, 0.05) is 52.9 Å². The van der Waals surface area contributed by atoms with Gasteiger partial charge in [-0.05, 0) is 75.8 Å². The molecular formula is C42H46N2O6. The van der Waals surface area contributed by atoms with Gasteiger partial charge < -0.3 is 28.7 Å². The third kappa shape index (κ3) is 10.0. The maximum Gasteiger partial charge on any atom is 0.253 e. The molecule has 5 aromatic carbocycles. The zero-order chi connectivity index (χ0) is 35.3. The molecule has 0 fully saturated rings. The van der Waals surface area contributed by atoms with Gasteiger partial charge >= 0.3 is 0 Å². The fourth-order valence-corrected chi connectivity index (χ4v) is 5.82. The molecule has 0 spiro atoms. The summed E-state index contributed by atoms with van der Waals surface area (Å²) < 4.78 is 21.9. The van der Waals surface area contributed by atoms with Crippen LogP contribution in [0.5, 0.6) is 5.75 Å². The van der Waals surface area contributed by atoms with Crippen molar-refractivity contribution in [2.45, 2.75) is 32.5 Å². The molecule has 50 heavy (non-hydrogen) atoms. The summed E-state index contributed by atoms with van der Waals surface area (Å²) in [7, 11) is 5.27. The number of methoxy groups -OCH3 is 1. The Hall–Kier alpha value is -5.02. The highest BCUT2D eigenvalue weighted by molar-refractivity contribution is 5.98. The van der Waals surface area contributed by atoms with Gasteiger partial charge in [-0.3, -0.25) is 9.59 Å². The minimum atomic E-state index is -0.554. The van der Waals surface area contributed by atoms with Crippen LogP contribution in [0, 0.1) is 0 Å². The Kier molecular flexibility index (Phi) is 13.1. The van der Waals surface area contributed by atoms with Crippen LogP contribution in [0.1, 0.15) is 34.0 Å². The predicted molar refractivity (Wildman–Crippen MR) is 197 cm³/mol. The number of hydrogen-bond donors (Lipinski definition) is 0. The van der Waals surface area contributed by atoms with Gasteiger partial charge in [-0.2, -0.15) is 0 Å². The van der Waals surface area contributed by atoms with Crippen LogP contribution in [-0.2, 0) is 38.5 Å². The van der Waals surface area contributed by atoms with Crippen LogP contribution in [0.15, 0.2) is 115 Å². The minimum Gasteiger partial charge on any atom is -0.468 e. The fourth-order valence-electron chi connectivity index (χ4n) is 5.82. The van der Waals surface area contributed by atoms with E-state index in [1.54, 1.807) is 16.9 Å². The highest BCUT2D eigenvalue weighted by Crippen LogP contribution is 2.25. The lowest BCUT2D eigenvalue weighted by molar-refractivity contribution is -0.142. The van der Waals surface area contributed by atoms with Crippen LogP contribution in [0.25, 0.3) is 21.9 Å². The average molecular weight is 675 g/mol. The third-order valence-corrected chi connectivity index (χ3v) is 8.48. The number of benzene rings is 5. The van der Waals surface area contributed by atoms with E-state index in [1.807, 2.05) is 99.9 Å². The number of rotatable bonds is 17. The molecule has 1 unspecified atom stereocenters. The smallest absolute Gasteiger partial charge is 0.253 e. The summed E-state index contributed by atoms with van der Waals surface area (Å²) in [6.07, 6.45) is -0.0611. The zero-order valence-electron chi connectivity index (χ0n) is 29.3. The molecule has 0 aliphatic rings. The molecule has 2 amide bonds. The number of amides is 2. The number of hydrogen-bond acceptors (Lipinski definition) is 6. The van der Waals surface area contributed by atoms with Gasteiger partial charge in [0.25, 0.3) is 11.8 Å². The summed E-state index contributed by atoms with van der Waals surface area (Å²) in [6, 6.07) is 37.9. The van der Waals surface area contributed by atoms with Crippen LogP contribution < -0.4 is 4.74 Å². The number of nitrogens with zero attached hydrogens (tertiary/aromatic N) is 2. The second kappa shape index (κ2) is 18.1. The average Bonchev–Trinajstić information content (AvgIpc) is 3.14. The lowest BCUT2D eigenvalue weighted by atomic mass is 9.99. The first kappa shape index (κ1) is 36.3. The molecule has 0 aliphatic carbocycles. The number of ether oxygens (including phenoxy) is 4. The molecule has 1 atom stereocenters. The first-order chi connectivity index (χ1) is 24.3. The number of likely N-dealkylation sites (N-methyl/N-ethyl adjacent to an activating group) is 1. The van der Waals surface area contributed by atoms with Gasteiger partial charge in [-0.15, -0.1) is 0 Å². The van der Waals surface area contributed by atoms with Gasteiger partial charge in [0.15, 0.2) is 6.79 Å². The fraction of sp³-hybridized carbons (Fsp3) is 0.286. The molecule has 0 heterocycles.